The Kier molecular flexibility index (Phi) is 9.31. The predicted molar refractivity (Wildman–Crippen MR) is 87.2 cm³/mol. The number of hydrogen-bond donors (Lipinski definition) is 1. The number of hydrogen-bond acceptors (Lipinski definition) is 4. The molecule has 4 heteroatoms. The van der Waals surface area contributed by atoms with Crippen molar-refractivity contribution in [2.75, 3.05) is 13.2 Å². The quantitative estimate of drug-likeness (QED) is 0.489. The minimum absolute atomic E-state index is 0.138. The number of phenolic OH excluding ortho intramolecular Hbond substituents is 1. The largest absolute Gasteiger partial charge is 0.508 e. The summed E-state index contributed by atoms with van der Waals surface area (Å²) in [5, 5.41) is 9.19. The van der Waals surface area contributed by atoms with Gasteiger partial charge in [-0.1, -0.05) is 33.1 Å². The van der Waals surface area contributed by atoms with Crippen LogP contribution in [0.5, 0.6) is 5.75 Å². The standard InChI is InChI=1S/C18H28O4/c1-3-5-6-7-13-21-17(4-2)12-14-22-18(20)15-8-10-16(19)11-9-15/h8-11,17,19H,3-7,12-14H2,1-2H3. The van der Waals surface area contributed by atoms with Crippen LogP contribution in [0.25, 0.3) is 0 Å². The van der Waals surface area contributed by atoms with Gasteiger partial charge in [0.05, 0.1) is 18.3 Å². The molecule has 1 N–H and O–H groups in total. The molecule has 1 atom stereocenters. The minimum atomic E-state index is -0.363. The van der Waals surface area contributed by atoms with Gasteiger partial charge < -0.3 is 14.6 Å². The second-order valence-corrected chi connectivity index (χ2v) is 5.43. The minimum Gasteiger partial charge on any atom is -0.508 e. The number of ether oxygens (including phenoxy) is 2. The van der Waals surface area contributed by atoms with Gasteiger partial charge in [-0.05, 0) is 37.1 Å². The lowest BCUT2D eigenvalue weighted by atomic mass is 10.2. The molecule has 1 aromatic rings. The molecule has 124 valence electrons. The molecule has 1 aromatic carbocycles. The summed E-state index contributed by atoms with van der Waals surface area (Å²) in [5.41, 5.74) is 0.450. The molecule has 0 aromatic heterocycles. The lowest BCUT2D eigenvalue weighted by Crippen LogP contribution is -2.17. The van der Waals surface area contributed by atoms with Crippen molar-refractivity contribution < 1.29 is 19.4 Å². The van der Waals surface area contributed by atoms with Crippen LogP contribution in [0.4, 0.5) is 0 Å². The molecule has 0 aliphatic rings. The highest BCUT2D eigenvalue weighted by Crippen LogP contribution is 2.12. The first-order valence-corrected chi connectivity index (χ1v) is 8.25. The van der Waals surface area contributed by atoms with E-state index in [9.17, 15) is 9.90 Å². The number of esters is 1. The smallest absolute Gasteiger partial charge is 0.338 e. The van der Waals surface area contributed by atoms with Gasteiger partial charge in [-0.2, -0.15) is 0 Å². The topological polar surface area (TPSA) is 55.8 Å². The van der Waals surface area contributed by atoms with Crippen LogP contribution < -0.4 is 0 Å². The van der Waals surface area contributed by atoms with Crippen LogP contribution in [0, 0.1) is 0 Å². The van der Waals surface area contributed by atoms with E-state index < -0.39 is 0 Å². The van der Waals surface area contributed by atoms with E-state index in [1.165, 1.54) is 31.4 Å². The Morgan fingerprint density at radius 3 is 2.45 bits per heavy atom. The summed E-state index contributed by atoms with van der Waals surface area (Å²) in [6.45, 7) is 5.41. The first-order valence-electron chi connectivity index (χ1n) is 8.25. The lowest BCUT2D eigenvalue weighted by Gasteiger charge is -2.16. The molecule has 0 saturated heterocycles. The summed E-state index contributed by atoms with van der Waals surface area (Å²) in [6, 6.07) is 6.06. The fraction of sp³-hybridized carbons (Fsp3) is 0.611. The lowest BCUT2D eigenvalue weighted by molar-refractivity contribution is 0.0173. The summed E-state index contributed by atoms with van der Waals surface area (Å²) in [5.74, 6) is -0.225. The van der Waals surface area contributed by atoms with Crippen molar-refractivity contribution in [1.82, 2.24) is 0 Å². The third-order valence-corrected chi connectivity index (χ3v) is 3.58. The van der Waals surface area contributed by atoms with Crippen LogP contribution in [0.1, 0.15) is 62.7 Å². The van der Waals surface area contributed by atoms with Gasteiger partial charge in [0, 0.05) is 13.0 Å². The van der Waals surface area contributed by atoms with E-state index in [1.54, 1.807) is 12.1 Å². The van der Waals surface area contributed by atoms with E-state index in [4.69, 9.17) is 9.47 Å². The average Bonchev–Trinajstić information content (AvgIpc) is 2.53. The number of carbonyl (C=O) groups excluding carboxylic acids is 1. The van der Waals surface area contributed by atoms with E-state index >= 15 is 0 Å². The van der Waals surface area contributed by atoms with Crippen molar-refractivity contribution in [2.45, 2.75) is 58.5 Å². The summed E-state index contributed by atoms with van der Waals surface area (Å²) in [7, 11) is 0. The fourth-order valence-corrected chi connectivity index (χ4v) is 2.15. The van der Waals surface area contributed by atoms with E-state index in [-0.39, 0.29) is 17.8 Å². The highest BCUT2D eigenvalue weighted by atomic mass is 16.5. The summed E-state index contributed by atoms with van der Waals surface area (Å²) >= 11 is 0. The monoisotopic (exact) mass is 308 g/mol. The first-order chi connectivity index (χ1) is 10.7. The van der Waals surface area contributed by atoms with Crippen molar-refractivity contribution in [3.8, 4) is 5.75 Å². The third-order valence-electron chi connectivity index (χ3n) is 3.58. The second kappa shape index (κ2) is 11.1. The van der Waals surface area contributed by atoms with Gasteiger partial charge in [0.1, 0.15) is 5.75 Å². The molecule has 1 rings (SSSR count). The number of unbranched alkanes of at least 4 members (excludes halogenated alkanes) is 3. The average molecular weight is 308 g/mol. The molecule has 0 aliphatic carbocycles. The van der Waals surface area contributed by atoms with Crippen LogP contribution in [0.15, 0.2) is 24.3 Å². The van der Waals surface area contributed by atoms with Gasteiger partial charge in [0.2, 0.25) is 0 Å². The zero-order valence-electron chi connectivity index (χ0n) is 13.7. The van der Waals surface area contributed by atoms with Crippen molar-refractivity contribution in [2.24, 2.45) is 0 Å². The Morgan fingerprint density at radius 1 is 1.09 bits per heavy atom. The van der Waals surface area contributed by atoms with Crippen molar-refractivity contribution in [1.29, 1.82) is 0 Å². The van der Waals surface area contributed by atoms with Crippen LogP contribution in [-0.2, 0) is 9.47 Å². The fourth-order valence-electron chi connectivity index (χ4n) is 2.15. The maximum atomic E-state index is 11.8. The maximum absolute atomic E-state index is 11.8. The van der Waals surface area contributed by atoms with Crippen LogP contribution in [0.3, 0.4) is 0 Å². The van der Waals surface area contributed by atoms with E-state index in [2.05, 4.69) is 13.8 Å². The summed E-state index contributed by atoms with van der Waals surface area (Å²) in [4.78, 5) is 11.8. The van der Waals surface area contributed by atoms with Gasteiger partial charge in [-0.3, -0.25) is 0 Å². The molecule has 0 aliphatic heterocycles. The van der Waals surface area contributed by atoms with Crippen LogP contribution in [-0.4, -0.2) is 30.4 Å². The number of phenols is 1. The highest BCUT2D eigenvalue weighted by Gasteiger charge is 2.10. The molecule has 0 fully saturated rings. The zero-order valence-corrected chi connectivity index (χ0v) is 13.7. The summed E-state index contributed by atoms with van der Waals surface area (Å²) < 4.78 is 11.1. The number of rotatable bonds is 11. The Labute approximate surface area is 133 Å². The molecule has 0 bridgehead atoms. The Morgan fingerprint density at radius 2 is 1.82 bits per heavy atom. The Hall–Kier alpha value is -1.55. The molecule has 0 radical (unpaired) electrons. The second-order valence-electron chi connectivity index (χ2n) is 5.43. The zero-order chi connectivity index (χ0) is 16.2. The van der Waals surface area contributed by atoms with Gasteiger partial charge in [0.15, 0.2) is 0 Å². The first kappa shape index (κ1) is 18.5. The van der Waals surface area contributed by atoms with Gasteiger partial charge in [-0.25, -0.2) is 4.79 Å². The molecule has 4 nitrogen and oxygen atoms in total. The third kappa shape index (κ3) is 7.46. The molecule has 22 heavy (non-hydrogen) atoms. The van der Waals surface area contributed by atoms with Crippen LogP contribution in [0.2, 0.25) is 0 Å². The Balaban J connectivity index is 2.20. The molecular formula is C18H28O4. The molecule has 0 amide bonds. The number of aromatic hydroxyl groups is 1. The maximum Gasteiger partial charge on any atom is 0.338 e. The molecule has 0 saturated carbocycles. The van der Waals surface area contributed by atoms with E-state index in [0.29, 0.717) is 18.6 Å². The SMILES string of the molecule is CCCCCCOC(CC)CCOC(=O)c1ccc(O)cc1. The van der Waals surface area contributed by atoms with Crippen molar-refractivity contribution >= 4 is 5.97 Å². The predicted octanol–water partition coefficient (Wildman–Crippen LogP) is 4.31. The molecule has 0 heterocycles. The van der Waals surface area contributed by atoms with Crippen LogP contribution >= 0.6 is 0 Å². The summed E-state index contributed by atoms with van der Waals surface area (Å²) in [6.07, 6.45) is 6.57. The van der Waals surface area contributed by atoms with Gasteiger partial charge in [-0.15, -0.1) is 0 Å². The number of benzene rings is 1. The van der Waals surface area contributed by atoms with Gasteiger partial charge >= 0.3 is 5.97 Å². The molecular weight excluding hydrogens is 280 g/mol. The number of carbonyl (C=O) groups is 1. The van der Waals surface area contributed by atoms with Gasteiger partial charge in [0.25, 0.3) is 0 Å². The van der Waals surface area contributed by atoms with E-state index in [0.717, 1.165) is 19.4 Å². The van der Waals surface area contributed by atoms with Crippen molar-refractivity contribution in [3.05, 3.63) is 29.8 Å². The van der Waals surface area contributed by atoms with Crippen molar-refractivity contribution in [3.63, 3.8) is 0 Å². The normalized spacial score (nSPS) is 12.1. The van der Waals surface area contributed by atoms with E-state index in [1.807, 2.05) is 0 Å². The molecule has 1 unspecified atom stereocenters. The highest BCUT2D eigenvalue weighted by molar-refractivity contribution is 5.89. The Bertz CT molecular complexity index is 414. The molecule has 0 spiro atoms.